The van der Waals surface area contributed by atoms with E-state index in [1.54, 1.807) is 0 Å². The minimum absolute atomic E-state index is 0.00785. The van der Waals surface area contributed by atoms with Gasteiger partial charge in [-0.15, -0.1) is 0 Å². The van der Waals surface area contributed by atoms with Crippen molar-refractivity contribution < 1.29 is 4.92 Å². The summed E-state index contributed by atoms with van der Waals surface area (Å²) in [6, 6.07) is 4.13. The number of benzene rings is 1. The zero-order valence-electron chi connectivity index (χ0n) is 16.7. The Kier molecular flexibility index (Phi) is 7.00. The lowest BCUT2D eigenvalue weighted by Gasteiger charge is -2.26. The molecule has 0 amide bonds. The van der Waals surface area contributed by atoms with Crippen molar-refractivity contribution in [3.8, 4) is 0 Å². The van der Waals surface area contributed by atoms with Crippen LogP contribution in [0, 0.1) is 10.1 Å². The number of nitro benzene ring substituents is 1. The lowest BCUT2D eigenvalue weighted by Crippen LogP contribution is -2.19. The fourth-order valence-corrected chi connectivity index (χ4v) is 3.02. The van der Waals surface area contributed by atoms with Gasteiger partial charge in [-0.3, -0.25) is 10.1 Å². The molecule has 24 heavy (non-hydrogen) atoms. The molecule has 1 aromatic rings. The highest BCUT2D eigenvalue weighted by molar-refractivity contribution is 5.54. The minimum atomic E-state index is -0.235. The second-order valence-corrected chi connectivity index (χ2v) is 8.95. The van der Waals surface area contributed by atoms with Gasteiger partial charge in [-0.2, -0.15) is 0 Å². The highest BCUT2D eigenvalue weighted by atomic mass is 16.6. The molecule has 0 aromatic heterocycles. The van der Waals surface area contributed by atoms with Gasteiger partial charge in [-0.05, 0) is 41.4 Å². The van der Waals surface area contributed by atoms with Gasteiger partial charge < -0.3 is 0 Å². The lowest BCUT2D eigenvalue weighted by atomic mass is 9.78. The Morgan fingerprint density at radius 3 is 1.96 bits per heavy atom. The summed E-state index contributed by atoms with van der Waals surface area (Å²) in [4.78, 5) is 11.6. The molecule has 0 N–H and O–H groups in total. The molecule has 0 heterocycles. The van der Waals surface area contributed by atoms with Crippen LogP contribution >= 0.6 is 0 Å². The monoisotopic (exact) mass is 333 g/mol. The molecule has 0 saturated heterocycles. The first-order chi connectivity index (χ1) is 11.0. The average molecular weight is 334 g/mol. The molecule has 0 saturated carbocycles. The number of unbranched alkanes of at least 4 members (excludes halogenated alkanes) is 4. The number of nitro groups is 1. The van der Waals surface area contributed by atoms with Gasteiger partial charge in [-0.25, -0.2) is 0 Å². The number of rotatable bonds is 7. The maximum atomic E-state index is 11.8. The van der Waals surface area contributed by atoms with E-state index >= 15 is 0 Å². The highest BCUT2D eigenvalue weighted by Gasteiger charge is 2.30. The van der Waals surface area contributed by atoms with E-state index in [4.69, 9.17) is 0 Å². The second-order valence-electron chi connectivity index (χ2n) is 8.95. The molecule has 1 aromatic carbocycles. The molecule has 1 rings (SSSR count). The second kappa shape index (κ2) is 8.13. The Morgan fingerprint density at radius 2 is 1.50 bits per heavy atom. The molecular formula is C21H35NO2. The molecule has 3 nitrogen and oxygen atoms in total. The van der Waals surface area contributed by atoms with Gasteiger partial charge in [0.1, 0.15) is 0 Å². The quantitative estimate of drug-likeness (QED) is 0.316. The first kappa shape index (κ1) is 20.7. The Morgan fingerprint density at radius 1 is 0.917 bits per heavy atom. The van der Waals surface area contributed by atoms with Gasteiger partial charge in [0.25, 0.3) is 5.69 Å². The van der Waals surface area contributed by atoms with Crippen LogP contribution in [0.2, 0.25) is 0 Å². The summed E-state index contributed by atoms with van der Waals surface area (Å²) in [5.74, 6) is 0. The van der Waals surface area contributed by atoms with Gasteiger partial charge in [0.05, 0.1) is 4.92 Å². The largest absolute Gasteiger partial charge is 0.276 e. The zero-order valence-corrected chi connectivity index (χ0v) is 16.7. The van der Waals surface area contributed by atoms with E-state index in [-0.39, 0.29) is 15.8 Å². The summed E-state index contributed by atoms with van der Waals surface area (Å²) in [5.41, 5.74) is 3.07. The maximum absolute atomic E-state index is 11.8. The Balaban J connectivity index is 3.29. The van der Waals surface area contributed by atoms with Crippen molar-refractivity contribution >= 4 is 5.69 Å². The summed E-state index contributed by atoms with van der Waals surface area (Å²) < 4.78 is 0. The number of hydrogen-bond donors (Lipinski definition) is 0. The van der Waals surface area contributed by atoms with Crippen LogP contribution in [0.15, 0.2) is 12.1 Å². The molecule has 0 aliphatic heterocycles. The third-order valence-corrected chi connectivity index (χ3v) is 4.60. The van der Waals surface area contributed by atoms with Crippen LogP contribution in [0.5, 0.6) is 0 Å². The van der Waals surface area contributed by atoms with E-state index in [9.17, 15) is 10.1 Å². The molecule has 0 unspecified atom stereocenters. The van der Waals surface area contributed by atoms with Crippen LogP contribution in [-0.4, -0.2) is 4.92 Å². The van der Waals surface area contributed by atoms with Crippen LogP contribution in [0.1, 0.15) is 97.3 Å². The average Bonchev–Trinajstić information content (AvgIpc) is 2.44. The third-order valence-electron chi connectivity index (χ3n) is 4.60. The van der Waals surface area contributed by atoms with Crippen molar-refractivity contribution in [2.24, 2.45) is 0 Å². The van der Waals surface area contributed by atoms with Crippen LogP contribution in [-0.2, 0) is 17.3 Å². The smallest absolute Gasteiger partial charge is 0.258 e. The minimum Gasteiger partial charge on any atom is -0.258 e. The van der Waals surface area contributed by atoms with Crippen LogP contribution < -0.4 is 0 Å². The van der Waals surface area contributed by atoms with E-state index in [1.165, 1.54) is 24.8 Å². The first-order valence-corrected chi connectivity index (χ1v) is 9.30. The van der Waals surface area contributed by atoms with Gasteiger partial charge in [-0.1, -0.05) is 74.1 Å². The fourth-order valence-electron chi connectivity index (χ4n) is 3.02. The maximum Gasteiger partial charge on any atom is 0.276 e. The SMILES string of the molecule is CCCCCCCc1cc(C(C)(C)C)cc(C(C)(C)C)c1[N+](=O)[O-]. The molecule has 136 valence electrons. The Labute approximate surface area is 148 Å². The predicted octanol–water partition coefficient (Wildman–Crippen LogP) is 6.70. The number of nitrogens with zero attached hydrogens (tertiary/aromatic N) is 1. The van der Waals surface area contributed by atoms with Crippen molar-refractivity contribution in [1.82, 2.24) is 0 Å². The highest BCUT2D eigenvalue weighted by Crippen LogP contribution is 2.38. The molecule has 0 aliphatic carbocycles. The molecular weight excluding hydrogens is 298 g/mol. The third kappa shape index (κ3) is 5.61. The Hall–Kier alpha value is -1.38. The van der Waals surface area contributed by atoms with Crippen molar-refractivity contribution in [3.05, 3.63) is 38.9 Å². The van der Waals surface area contributed by atoms with Gasteiger partial charge >= 0.3 is 0 Å². The van der Waals surface area contributed by atoms with Crippen molar-refractivity contribution in [1.29, 1.82) is 0 Å². The molecule has 3 heteroatoms. The van der Waals surface area contributed by atoms with Crippen LogP contribution in [0.3, 0.4) is 0 Å². The van der Waals surface area contributed by atoms with Crippen LogP contribution in [0.25, 0.3) is 0 Å². The first-order valence-electron chi connectivity index (χ1n) is 9.30. The number of hydrogen-bond acceptors (Lipinski definition) is 2. The van der Waals surface area contributed by atoms with Crippen molar-refractivity contribution in [2.45, 2.75) is 97.8 Å². The summed E-state index contributed by atoms with van der Waals surface area (Å²) in [6.45, 7) is 14.9. The van der Waals surface area contributed by atoms with Gasteiger partial charge in [0.2, 0.25) is 0 Å². The van der Waals surface area contributed by atoms with E-state index < -0.39 is 0 Å². The molecule has 0 radical (unpaired) electrons. The van der Waals surface area contributed by atoms with E-state index in [0.717, 1.165) is 30.4 Å². The standard InChI is InChI=1S/C21H35NO2/c1-8-9-10-11-12-13-16-14-17(20(2,3)4)15-18(21(5,6)7)19(16)22(23)24/h14-15H,8-13H2,1-7H3. The fraction of sp³-hybridized carbons (Fsp3) is 0.714. The Bertz CT molecular complexity index is 562. The predicted molar refractivity (Wildman–Crippen MR) is 103 cm³/mol. The zero-order chi connectivity index (χ0) is 18.5. The molecule has 0 aliphatic rings. The van der Waals surface area contributed by atoms with Crippen LogP contribution in [0.4, 0.5) is 5.69 Å². The molecule has 0 atom stereocenters. The van der Waals surface area contributed by atoms with E-state index in [2.05, 4.69) is 60.6 Å². The summed E-state index contributed by atoms with van der Waals surface area (Å²) >= 11 is 0. The molecule has 0 spiro atoms. The van der Waals surface area contributed by atoms with E-state index in [0.29, 0.717) is 5.69 Å². The topological polar surface area (TPSA) is 43.1 Å². The normalized spacial score (nSPS) is 12.5. The number of aryl methyl sites for hydroxylation is 1. The van der Waals surface area contributed by atoms with Gasteiger partial charge in [0.15, 0.2) is 0 Å². The molecule has 0 bridgehead atoms. The van der Waals surface area contributed by atoms with Crippen molar-refractivity contribution in [2.75, 3.05) is 0 Å². The van der Waals surface area contributed by atoms with E-state index in [1.807, 2.05) is 0 Å². The molecule has 0 fully saturated rings. The lowest BCUT2D eigenvalue weighted by molar-refractivity contribution is -0.386. The summed E-state index contributed by atoms with van der Waals surface area (Å²) in [7, 11) is 0. The summed E-state index contributed by atoms with van der Waals surface area (Å²) in [5, 5.41) is 11.8. The van der Waals surface area contributed by atoms with Crippen molar-refractivity contribution in [3.63, 3.8) is 0 Å². The van der Waals surface area contributed by atoms with Gasteiger partial charge in [0, 0.05) is 11.1 Å². The summed E-state index contributed by atoms with van der Waals surface area (Å²) in [6.07, 6.45) is 6.65.